The maximum absolute atomic E-state index is 10.3. The molecular weight excluding hydrogens is 150 g/mol. The minimum absolute atomic E-state index is 0.336. The van der Waals surface area contributed by atoms with Crippen LogP contribution in [0.3, 0.4) is 0 Å². The molecule has 2 aliphatic carbocycles. The summed E-state index contributed by atoms with van der Waals surface area (Å²) < 4.78 is 0. The lowest BCUT2D eigenvalue weighted by Gasteiger charge is -2.51. The molecule has 0 radical (unpaired) electrons. The van der Waals surface area contributed by atoms with Crippen molar-refractivity contribution in [2.45, 2.75) is 39.0 Å². The second-order valence-electron chi connectivity index (χ2n) is 4.50. The zero-order valence-corrected chi connectivity index (χ0v) is 7.75. The van der Waals surface area contributed by atoms with Crippen LogP contribution in [-0.2, 0) is 0 Å². The summed E-state index contributed by atoms with van der Waals surface area (Å²) in [5.74, 6) is 1.80. The average Bonchev–Trinajstić information content (AvgIpc) is 2.44. The second-order valence-corrected chi connectivity index (χ2v) is 4.50. The molecule has 2 aliphatic rings. The van der Waals surface area contributed by atoms with E-state index < -0.39 is 0 Å². The van der Waals surface area contributed by atoms with Crippen molar-refractivity contribution in [1.29, 1.82) is 0 Å². The summed E-state index contributed by atoms with van der Waals surface area (Å²) in [5.41, 5.74) is 0.336. The van der Waals surface area contributed by atoms with Gasteiger partial charge in [-0.2, -0.15) is 4.91 Å². The number of fused-ring (bicyclic) bond motifs is 1. The quantitative estimate of drug-likeness (QED) is 0.594. The van der Waals surface area contributed by atoms with E-state index in [0.29, 0.717) is 12.0 Å². The SMILES string of the molecule is CC[C@@]1(CN=O)C[C@H]2CCC[C@H]21. The van der Waals surface area contributed by atoms with E-state index in [1.807, 2.05) is 0 Å². The van der Waals surface area contributed by atoms with Gasteiger partial charge in [0.1, 0.15) is 0 Å². The molecular formula is C10H17NO. The van der Waals surface area contributed by atoms with Crippen LogP contribution in [0.4, 0.5) is 0 Å². The summed E-state index contributed by atoms with van der Waals surface area (Å²) in [6, 6.07) is 0. The molecule has 2 nitrogen and oxygen atoms in total. The fraction of sp³-hybridized carbons (Fsp3) is 1.00. The molecule has 0 N–H and O–H groups in total. The van der Waals surface area contributed by atoms with E-state index in [9.17, 15) is 4.91 Å². The Morgan fingerprint density at radius 3 is 2.92 bits per heavy atom. The summed E-state index contributed by atoms with van der Waals surface area (Å²) >= 11 is 0. The summed E-state index contributed by atoms with van der Waals surface area (Å²) in [7, 11) is 0. The van der Waals surface area contributed by atoms with Crippen molar-refractivity contribution in [2.24, 2.45) is 22.4 Å². The van der Waals surface area contributed by atoms with Crippen molar-refractivity contribution >= 4 is 0 Å². The number of rotatable bonds is 3. The molecule has 3 atom stereocenters. The van der Waals surface area contributed by atoms with Crippen LogP contribution in [0.5, 0.6) is 0 Å². The van der Waals surface area contributed by atoms with Crippen LogP contribution >= 0.6 is 0 Å². The van der Waals surface area contributed by atoms with Crippen molar-refractivity contribution in [1.82, 2.24) is 0 Å². The maximum Gasteiger partial charge on any atom is 0.0870 e. The number of hydrogen-bond donors (Lipinski definition) is 0. The van der Waals surface area contributed by atoms with Gasteiger partial charge in [0.05, 0.1) is 6.54 Å². The van der Waals surface area contributed by atoms with Crippen LogP contribution < -0.4 is 0 Å². The lowest BCUT2D eigenvalue weighted by Crippen LogP contribution is -2.46. The van der Waals surface area contributed by atoms with E-state index in [1.54, 1.807) is 0 Å². The molecule has 0 bridgehead atoms. The van der Waals surface area contributed by atoms with Crippen molar-refractivity contribution < 1.29 is 0 Å². The van der Waals surface area contributed by atoms with Gasteiger partial charge in [-0.3, -0.25) is 0 Å². The third-order valence-corrected chi connectivity index (χ3v) is 4.20. The fourth-order valence-corrected chi connectivity index (χ4v) is 3.43. The molecule has 0 unspecified atom stereocenters. The van der Waals surface area contributed by atoms with E-state index in [1.165, 1.54) is 25.7 Å². The molecule has 0 heterocycles. The van der Waals surface area contributed by atoms with E-state index >= 15 is 0 Å². The summed E-state index contributed by atoms with van der Waals surface area (Å²) in [6.45, 7) is 2.78. The number of nitroso groups, excluding NO2 is 1. The van der Waals surface area contributed by atoms with E-state index in [0.717, 1.165) is 18.3 Å². The average molecular weight is 167 g/mol. The van der Waals surface area contributed by atoms with Gasteiger partial charge in [0.15, 0.2) is 0 Å². The molecule has 0 aliphatic heterocycles. The van der Waals surface area contributed by atoms with Crippen molar-refractivity contribution in [3.8, 4) is 0 Å². The van der Waals surface area contributed by atoms with Crippen LogP contribution in [0.2, 0.25) is 0 Å². The minimum Gasteiger partial charge on any atom is -0.151 e. The first-order valence-corrected chi connectivity index (χ1v) is 5.11. The highest BCUT2D eigenvalue weighted by Gasteiger charge is 2.54. The van der Waals surface area contributed by atoms with Gasteiger partial charge in [-0.1, -0.05) is 24.9 Å². The predicted molar refractivity (Wildman–Crippen MR) is 48.8 cm³/mol. The molecule has 0 aromatic carbocycles. The first-order valence-electron chi connectivity index (χ1n) is 5.11. The maximum atomic E-state index is 10.3. The van der Waals surface area contributed by atoms with Crippen molar-refractivity contribution in [3.63, 3.8) is 0 Å². The number of hydrogen-bond acceptors (Lipinski definition) is 2. The lowest BCUT2D eigenvalue weighted by molar-refractivity contribution is -0.0161. The Morgan fingerprint density at radius 1 is 1.50 bits per heavy atom. The van der Waals surface area contributed by atoms with E-state index in [-0.39, 0.29) is 0 Å². The van der Waals surface area contributed by atoms with Crippen LogP contribution in [0.1, 0.15) is 39.0 Å². The van der Waals surface area contributed by atoms with Gasteiger partial charge in [0, 0.05) is 0 Å². The van der Waals surface area contributed by atoms with Gasteiger partial charge in [-0.25, -0.2) is 0 Å². The third kappa shape index (κ3) is 0.932. The van der Waals surface area contributed by atoms with Gasteiger partial charge >= 0.3 is 0 Å². The predicted octanol–water partition coefficient (Wildman–Crippen LogP) is 2.97. The highest BCUT2D eigenvalue weighted by Crippen LogP contribution is 2.60. The van der Waals surface area contributed by atoms with Gasteiger partial charge < -0.3 is 0 Å². The Bertz CT molecular complexity index is 192. The van der Waals surface area contributed by atoms with Crippen LogP contribution in [0.15, 0.2) is 5.18 Å². The van der Waals surface area contributed by atoms with E-state index in [2.05, 4.69) is 12.1 Å². The van der Waals surface area contributed by atoms with Gasteiger partial charge in [0.2, 0.25) is 0 Å². The molecule has 2 rings (SSSR count). The smallest absolute Gasteiger partial charge is 0.0870 e. The molecule has 0 aromatic rings. The molecule has 12 heavy (non-hydrogen) atoms. The van der Waals surface area contributed by atoms with Gasteiger partial charge in [-0.05, 0) is 36.5 Å². The molecule has 0 saturated heterocycles. The molecule has 2 fully saturated rings. The Kier molecular flexibility index (Phi) is 1.93. The van der Waals surface area contributed by atoms with Gasteiger partial charge in [-0.15, -0.1) is 0 Å². The Morgan fingerprint density at radius 2 is 2.33 bits per heavy atom. The topological polar surface area (TPSA) is 29.4 Å². The molecule has 0 spiro atoms. The fourth-order valence-electron chi connectivity index (χ4n) is 3.43. The molecule has 0 aromatic heterocycles. The second kappa shape index (κ2) is 2.82. The third-order valence-electron chi connectivity index (χ3n) is 4.20. The van der Waals surface area contributed by atoms with Crippen LogP contribution in [-0.4, -0.2) is 6.54 Å². The monoisotopic (exact) mass is 167 g/mol. The zero-order valence-electron chi connectivity index (χ0n) is 7.75. The highest BCUT2D eigenvalue weighted by molar-refractivity contribution is 5.04. The highest BCUT2D eigenvalue weighted by atomic mass is 16.3. The molecule has 2 heteroatoms. The Hall–Kier alpha value is -0.400. The van der Waals surface area contributed by atoms with E-state index in [4.69, 9.17) is 0 Å². The van der Waals surface area contributed by atoms with Crippen LogP contribution in [0, 0.1) is 22.2 Å². The molecule has 68 valence electrons. The molecule has 0 amide bonds. The standard InChI is InChI=1S/C10H17NO/c1-2-10(7-11-12)6-8-4-3-5-9(8)10/h8-9H,2-7H2,1H3/t8-,9-,10+/m1/s1. The van der Waals surface area contributed by atoms with Crippen molar-refractivity contribution in [2.75, 3.05) is 6.54 Å². The normalized spacial score (nSPS) is 45.1. The van der Waals surface area contributed by atoms with Gasteiger partial charge in [0.25, 0.3) is 0 Å². The lowest BCUT2D eigenvalue weighted by atomic mass is 9.54. The van der Waals surface area contributed by atoms with Crippen LogP contribution in [0.25, 0.3) is 0 Å². The first kappa shape index (κ1) is 8.21. The number of nitrogens with zero attached hydrogens (tertiary/aromatic N) is 1. The largest absolute Gasteiger partial charge is 0.151 e. The summed E-state index contributed by atoms with van der Waals surface area (Å²) in [6.07, 6.45) is 6.58. The summed E-state index contributed by atoms with van der Waals surface area (Å²) in [4.78, 5) is 10.3. The summed E-state index contributed by atoms with van der Waals surface area (Å²) in [5, 5.41) is 3.11. The molecule has 2 saturated carbocycles. The first-order chi connectivity index (χ1) is 5.82. The Labute approximate surface area is 73.7 Å². The minimum atomic E-state index is 0.336. The van der Waals surface area contributed by atoms with Crippen molar-refractivity contribution in [3.05, 3.63) is 4.91 Å². The zero-order chi connectivity index (χ0) is 8.60. The Balaban J connectivity index is 2.05.